The fourth-order valence-electron chi connectivity index (χ4n) is 3.54. The maximum Gasteiger partial charge on any atom is 0.416 e. The Morgan fingerprint density at radius 1 is 1.06 bits per heavy atom. The van der Waals surface area contributed by atoms with E-state index in [9.17, 15) is 22.8 Å². The Balaban J connectivity index is 1.46. The van der Waals surface area contributed by atoms with Crippen molar-refractivity contribution in [2.24, 2.45) is 0 Å². The molecule has 2 aromatic carbocycles. The number of hydrogen-bond donors (Lipinski definition) is 2. The van der Waals surface area contributed by atoms with Crippen LogP contribution in [0.4, 0.5) is 13.2 Å². The Kier molecular flexibility index (Phi) is 6.33. The molecule has 2 N–H and O–H groups in total. The van der Waals surface area contributed by atoms with Gasteiger partial charge in [0.2, 0.25) is 0 Å². The molecule has 0 saturated carbocycles. The number of fused-ring (bicyclic) bond motifs is 1. The van der Waals surface area contributed by atoms with E-state index in [1.165, 1.54) is 12.1 Å². The summed E-state index contributed by atoms with van der Waals surface area (Å²) in [6.45, 7) is 1.96. The highest BCUT2D eigenvalue weighted by atomic mass is 32.1. The van der Waals surface area contributed by atoms with E-state index in [1.807, 2.05) is 30.3 Å². The number of carbonyl (C=O) groups excluding carboxylic acids is 1. The highest BCUT2D eigenvalue weighted by molar-refractivity contribution is 7.20. The van der Waals surface area contributed by atoms with Gasteiger partial charge in [0.05, 0.1) is 15.8 Å². The van der Waals surface area contributed by atoms with Gasteiger partial charge in [-0.05, 0) is 42.2 Å². The van der Waals surface area contributed by atoms with Gasteiger partial charge in [-0.2, -0.15) is 13.2 Å². The van der Waals surface area contributed by atoms with E-state index in [1.54, 1.807) is 6.92 Å². The summed E-state index contributed by atoms with van der Waals surface area (Å²) in [5.41, 5.74) is 1.25. The molecular formula is C24H20F3N3O2S. The molecular weight excluding hydrogens is 451 g/mol. The first-order valence-corrected chi connectivity index (χ1v) is 11.0. The molecule has 0 aliphatic heterocycles. The number of amides is 1. The lowest BCUT2D eigenvalue weighted by Crippen LogP contribution is -2.25. The predicted octanol–water partition coefficient (Wildman–Crippen LogP) is 4.88. The van der Waals surface area contributed by atoms with Gasteiger partial charge in [0.1, 0.15) is 10.7 Å². The third kappa shape index (κ3) is 5.14. The molecule has 0 fully saturated rings. The van der Waals surface area contributed by atoms with Crippen LogP contribution in [0.1, 0.15) is 37.7 Å². The van der Waals surface area contributed by atoms with Crippen molar-refractivity contribution >= 4 is 27.5 Å². The van der Waals surface area contributed by atoms with Crippen LogP contribution in [0.3, 0.4) is 0 Å². The SMILES string of the molecule is Cc1c(C(=O)NCCc2ccc(C(F)(F)F)cc2)sc2nc(Cc3ccccc3)[nH]c(=O)c12. The number of aryl methyl sites for hydroxylation is 1. The van der Waals surface area contributed by atoms with Crippen LogP contribution in [-0.4, -0.2) is 22.4 Å². The summed E-state index contributed by atoms with van der Waals surface area (Å²) in [4.78, 5) is 33.6. The largest absolute Gasteiger partial charge is 0.416 e. The smallest absolute Gasteiger partial charge is 0.351 e. The zero-order chi connectivity index (χ0) is 23.6. The third-order valence-electron chi connectivity index (χ3n) is 5.25. The number of benzene rings is 2. The summed E-state index contributed by atoms with van der Waals surface area (Å²) in [7, 11) is 0. The van der Waals surface area contributed by atoms with Crippen LogP contribution >= 0.6 is 11.3 Å². The number of nitrogens with one attached hydrogen (secondary N) is 2. The van der Waals surface area contributed by atoms with E-state index in [-0.39, 0.29) is 18.0 Å². The van der Waals surface area contributed by atoms with Crippen molar-refractivity contribution in [3.8, 4) is 0 Å². The average Bonchev–Trinajstić information content (AvgIpc) is 3.11. The summed E-state index contributed by atoms with van der Waals surface area (Å²) in [5.74, 6) is 0.181. The molecule has 0 radical (unpaired) electrons. The van der Waals surface area contributed by atoms with E-state index < -0.39 is 11.7 Å². The second-order valence-electron chi connectivity index (χ2n) is 7.61. The highest BCUT2D eigenvalue weighted by Gasteiger charge is 2.29. The van der Waals surface area contributed by atoms with Gasteiger partial charge in [-0.25, -0.2) is 4.98 Å². The van der Waals surface area contributed by atoms with E-state index >= 15 is 0 Å². The van der Waals surface area contributed by atoms with E-state index in [4.69, 9.17) is 0 Å². The zero-order valence-electron chi connectivity index (χ0n) is 17.6. The summed E-state index contributed by atoms with van der Waals surface area (Å²) in [5, 5.41) is 3.17. The summed E-state index contributed by atoms with van der Waals surface area (Å²) in [6, 6.07) is 14.5. The van der Waals surface area contributed by atoms with Crippen molar-refractivity contribution in [3.05, 3.63) is 97.9 Å². The van der Waals surface area contributed by atoms with Crippen molar-refractivity contribution in [3.63, 3.8) is 0 Å². The predicted molar refractivity (Wildman–Crippen MR) is 122 cm³/mol. The minimum absolute atomic E-state index is 0.251. The number of carbonyl (C=O) groups is 1. The van der Waals surface area contributed by atoms with Crippen LogP contribution in [0, 0.1) is 6.92 Å². The molecule has 4 aromatic rings. The number of aromatic amines is 1. The number of hydrogen-bond acceptors (Lipinski definition) is 4. The Morgan fingerprint density at radius 2 is 1.76 bits per heavy atom. The third-order valence-corrected chi connectivity index (χ3v) is 6.44. The number of halogens is 3. The lowest BCUT2D eigenvalue weighted by molar-refractivity contribution is -0.137. The monoisotopic (exact) mass is 471 g/mol. The van der Waals surface area contributed by atoms with Crippen molar-refractivity contribution in [1.82, 2.24) is 15.3 Å². The quantitative estimate of drug-likeness (QED) is 0.421. The van der Waals surface area contributed by atoms with Crippen LogP contribution in [-0.2, 0) is 19.0 Å². The Morgan fingerprint density at radius 3 is 2.42 bits per heavy atom. The minimum atomic E-state index is -4.38. The van der Waals surface area contributed by atoms with Gasteiger partial charge < -0.3 is 10.3 Å². The average molecular weight is 472 g/mol. The fourth-order valence-corrected chi connectivity index (χ4v) is 4.66. The van der Waals surface area contributed by atoms with Crippen LogP contribution < -0.4 is 10.9 Å². The lowest BCUT2D eigenvalue weighted by atomic mass is 10.1. The van der Waals surface area contributed by atoms with Gasteiger partial charge in [-0.1, -0.05) is 42.5 Å². The lowest BCUT2D eigenvalue weighted by Gasteiger charge is -2.08. The van der Waals surface area contributed by atoms with Gasteiger partial charge in [-0.3, -0.25) is 9.59 Å². The number of H-pyrrole nitrogens is 1. The molecule has 2 aromatic heterocycles. The maximum atomic E-state index is 12.7. The summed E-state index contributed by atoms with van der Waals surface area (Å²) >= 11 is 1.15. The standard InChI is InChI=1S/C24H20F3N3O2S/c1-14-19-21(31)29-18(13-16-5-3-2-4-6-16)30-23(19)33-20(14)22(32)28-12-11-15-7-9-17(10-8-15)24(25,26)27/h2-10H,11-13H2,1H3,(H,28,32)(H,29,30,31). The van der Waals surface area contributed by atoms with E-state index in [0.717, 1.165) is 29.0 Å². The van der Waals surface area contributed by atoms with Crippen LogP contribution in [0.5, 0.6) is 0 Å². The maximum absolute atomic E-state index is 12.7. The number of rotatable bonds is 6. The van der Waals surface area contributed by atoms with Crippen LogP contribution in [0.25, 0.3) is 10.2 Å². The molecule has 170 valence electrons. The first-order valence-electron chi connectivity index (χ1n) is 10.2. The van der Waals surface area contributed by atoms with Crippen LogP contribution in [0.2, 0.25) is 0 Å². The number of thiophene rings is 1. The van der Waals surface area contributed by atoms with Crippen LogP contribution in [0.15, 0.2) is 59.4 Å². The molecule has 0 bridgehead atoms. The fraction of sp³-hybridized carbons (Fsp3) is 0.208. The molecule has 0 spiro atoms. The molecule has 0 saturated heterocycles. The van der Waals surface area contributed by atoms with Gasteiger partial charge in [0, 0.05) is 13.0 Å². The minimum Gasteiger partial charge on any atom is -0.351 e. The van der Waals surface area contributed by atoms with Gasteiger partial charge in [0.25, 0.3) is 11.5 Å². The molecule has 1 amide bonds. The first kappa shape index (κ1) is 22.7. The first-order chi connectivity index (χ1) is 15.7. The molecule has 0 aliphatic rings. The Bertz CT molecular complexity index is 1340. The molecule has 33 heavy (non-hydrogen) atoms. The summed E-state index contributed by atoms with van der Waals surface area (Å²) in [6.07, 6.45) is -3.52. The number of aromatic nitrogens is 2. The van der Waals surface area contributed by atoms with Crippen molar-refractivity contribution in [2.75, 3.05) is 6.54 Å². The Hall–Kier alpha value is -3.46. The Labute approximate surface area is 191 Å². The topological polar surface area (TPSA) is 74.8 Å². The van der Waals surface area contributed by atoms with Crippen molar-refractivity contribution in [1.29, 1.82) is 0 Å². The second kappa shape index (κ2) is 9.19. The van der Waals surface area contributed by atoms with Gasteiger partial charge in [-0.15, -0.1) is 11.3 Å². The normalized spacial score (nSPS) is 11.6. The molecule has 5 nitrogen and oxygen atoms in total. The summed E-state index contributed by atoms with van der Waals surface area (Å²) < 4.78 is 38.0. The molecule has 0 unspecified atom stereocenters. The second-order valence-corrected chi connectivity index (χ2v) is 8.61. The number of alkyl halides is 3. The molecule has 0 atom stereocenters. The van der Waals surface area contributed by atoms with Gasteiger partial charge >= 0.3 is 6.18 Å². The van der Waals surface area contributed by atoms with E-state index in [2.05, 4.69) is 15.3 Å². The zero-order valence-corrected chi connectivity index (χ0v) is 18.4. The van der Waals surface area contributed by atoms with Crippen molar-refractivity contribution in [2.45, 2.75) is 25.9 Å². The molecule has 2 heterocycles. The van der Waals surface area contributed by atoms with E-state index in [0.29, 0.717) is 44.9 Å². The van der Waals surface area contributed by atoms with Gasteiger partial charge in [0.15, 0.2) is 0 Å². The molecule has 9 heteroatoms. The molecule has 4 rings (SSSR count). The highest BCUT2D eigenvalue weighted by Crippen LogP contribution is 2.29. The number of nitrogens with zero attached hydrogens (tertiary/aromatic N) is 1. The van der Waals surface area contributed by atoms with Crippen molar-refractivity contribution < 1.29 is 18.0 Å². The molecule has 0 aliphatic carbocycles.